The molecular weight excluding hydrogens is 240 g/mol. The molecule has 0 aliphatic carbocycles. The van der Waals surface area contributed by atoms with Crippen molar-refractivity contribution in [3.63, 3.8) is 0 Å². The van der Waals surface area contributed by atoms with Crippen LogP contribution in [-0.4, -0.2) is 19.7 Å². The SMILES string of the molecule is CCCCNC(=O)Nc1cc(OC)ccc1Cl. The number of hydrogen-bond acceptors (Lipinski definition) is 2. The van der Waals surface area contributed by atoms with Gasteiger partial charge in [-0.15, -0.1) is 0 Å². The Morgan fingerprint density at radius 2 is 2.24 bits per heavy atom. The van der Waals surface area contributed by atoms with Crippen LogP contribution < -0.4 is 15.4 Å². The molecule has 0 aromatic heterocycles. The van der Waals surface area contributed by atoms with Crippen LogP contribution in [0, 0.1) is 0 Å². The highest BCUT2D eigenvalue weighted by atomic mass is 35.5. The van der Waals surface area contributed by atoms with Gasteiger partial charge < -0.3 is 15.4 Å². The van der Waals surface area contributed by atoms with Crippen molar-refractivity contribution < 1.29 is 9.53 Å². The largest absolute Gasteiger partial charge is 0.497 e. The van der Waals surface area contributed by atoms with E-state index in [0.717, 1.165) is 12.8 Å². The summed E-state index contributed by atoms with van der Waals surface area (Å²) in [4.78, 5) is 11.5. The van der Waals surface area contributed by atoms with E-state index in [-0.39, 0.29) is 6.03 Å². The molecule has 1 aromatic rings. The summed E-state index contributed by atoms with van der Waals surface area (Å²) in [7, 11) is 1.56. The number of ether oxygens (including phenoxy) is 1. The van der Waals surface area contributed by atoms with E-state index >= 15 is 0 Å². The summed E-state index contributed by atoms with van der Waals surface area (Å²) in [5.41, 5.74) is 0.542. The third kappa shape index (κ3) is 4.53. The lowest BCUT2D eigenvalue weighted by Gasteiger charge is -2.10. The lowest BCUT2D eigenvalue weighted by molar-refractivity contribution is 0.252. The molecule has 1 rings (SSSR count). The zero-order valence-electron chi connectivity index (χ0n) is 10.0. The van der Waals surface area contributed by atoms with E-state index in [0.29, 0.717) is 23.0 Å². The van der Waals surface area contributed by atoms with E-state index in [4.69, 9.17) is 16.3 Å². The molecule has 17 heavy (non-hydrogen) atoms. The average Bonchev–Trinajstić information content (AvgIpc) is 2.32. The van der Waals surface area contributed by atoms with Gasteiger partial charge in [-0.3, -0.25) is 0 Å². The zero-order valence-corrected chi connectivity index (χ0v) is 10.8. The van der Waals surface area contributed by atoms with E-state index in [1.807, 2.05) is 0 Å². The van der Waals surface area contributed by atoms with Gasteiger partial charge in [0.05, 0.1) is 17.8 Å². The standard InChI is InChI=1S/C12H17ClN2O2/c1-3-4-7-14-12(16)15-11-8-9(17-2)5-6-10(11)13/h5-6,8H,3-4,7H2,1-2H3,(H2,14,15,16). The molecule has 5 heteroatoms. The Labute approximate surface area is 106 Å². The summed E-state index contributed by atoms with van der Waals surface area (Å²) in [6, 6.07) is 4.85. The maximum absolute atomic E-state index is 11.5. The van der Waals surface area contributed by atoms with Crippen LogP contribution in [0.2, 0.25) is 5.02 Å². The number of halogens is 1. The Morgan fingerprint density at radius 3 is 2.88 bits per heavy atom. The molecule has 0 bridgehead atoms. The van der Waals surface area contributed by atoms with Crippen molar-refractivity contribution in [1.82, 2.24) is 5.32 Å². The fourth-order valence-electron chi connectivity index (χ4n) is 1.27. The second-order valence-corrected chi connectivity index (χ2v) is 3.99. The molecule has 0 heterocycles. The van der Waals surface area contributed by atoms with E-state index < -0.39 is 0 Å². The highest BCUT2D eigenvalue weighted by Crippen LogP contribution is 2.26. The van der Waals surface area contributed by atoms with Gasteiger partial charge in [-0.1, -0.05) is 24.9 Å². The molecule has 0 aliphatic heterocycles. The number of hydrogen-bond donors (Lipinski definition) is 2. The first-order valence-corrected chi connectivity index (χ1v) is 5.93. The van der Waals surface area contributed by atoms with Crippen LogP contribution in [0.15, 0.2) is 18.2 Å². The highest BCUT2D eigenvalue weighted by Gasteiger charge is 2.06. The van der Waals surface area contributed by atoms with Crippen molar-refractivity contribution in [2.75, 3.05) is 19.0 Å². The molecule has 0 saturated carbocycles. The Hall–Kier alpha value is -1.42. The monoisotopic (exact) mass is 256 g/mol. The minimum absolute atomic E-state index is 0.256. The van der Waals surface area contributed by atoms with Crippen LogP contribution in [0.1, 0.15) is 19.8 Å². The first-order chi connectivity index (χ1) is 8.17. The fraction of sp³-hybridized carbons (Fsp3) is 0.417. The van der Waals surface area contributed by atoms with Crippen LogP contribution in [0.4, 0.5) is 10.5 Å². The number of nitrogens with one attached hydrogen (secondary N) is 2. The minimum atomic E-state index is -0.256. The molecule has 0 spiro atoms. The van der Waals surface area contributed by atoms with Crippen molar-refractivity contribution in [2.24, 2.45) is 0 Å². The second kappa shape index (κ2) is 7.01. The number of anilines is 1. The summed E-state index contributed by atoms with van der Waals surface area (Å²) < 4.78 is 5.06. The molecular formula is C12H17ClN2O2. The van der Waals surface area contributed by atoms with Crippen LogP contribution >= 0.6 is 11.6 Å². The Morgan fingerprint density at radius 1 is 1.47 bits per heavy atom. The van der Waals surface area contributed by atoms with E-state index in [1.165, 1.54) is 0 Å². The van der Waals surface area contributed by atoms with Gasteiger partial charge in [0.2, 0.25) is 0 Å². The molecule has 1 aromatic carbocycles. The van der Waals surface area contributed by atoms with Crippen LogP contribution in [-0.2, 0) is 0 Å². The van der Waals surface area contributed by atoms with Gasteiger partial charge in [0, 0.05) is 12.6 Å². The van der Waals surface area contributed by atoms with Crippen LogP contribution in [0.3, 0.4) is 0 Å². The van der Waals surface area contributed by atoms with Gasteiger partial charge in [-0.2, -0.15) is 0 Å². The first-order valence-electron chi connectivity index (χ1n) is 5.55. The van der Waals surface area contributed by atoms with Gasteiger partial charge in [-0.25, -0.2) is 4.79 Å². The number of amides is 2. The van der Waals surface area contributed by atoms with Gasteiger partial charge in [0.25, 0.3) is 0 Å². The predicted molar refractivity (Wildman–Crippen MR) is 69.9 cm³/mol. The van der Waals surface area contributed by atoms with Crippen molar-refractivity contribution in [1.29, 1.82) is 0 Å². The Balaban J connectivity index is 2.57. The van der Waals surface area contributed by atoms with Crippen molar-refractivity contribution in [3.05, 3.63) is 23.2 Å². The average molecular weight is 257 g/mol. The smallest absolute Gasteiger partial charge is 0.319 e. The van der Waals surface area contributed by atoms with Crippen LogP contribution in [0.5, 0.6) is 5.75 Å². The van der Waals surface area contributed by atoms with E-state index in [9.17, 15) is 4.79 Å². The van der Waals surface area contributed by atoms with E-state index in [2.05, 4.69) is 17.6 Å². The highest BCUT2D eigenvalue weighted by molar-refractivity contribution is 6.33. The minimum Gasteiger partial charge on any atom is -0.497 e. The molecule has 0 fully saturated rings. The van der Waals surface area contributed by atoms with Crippen molar-refractivity contribution >= 4 is 23.3 Å². The summed E-state index contributed by atoms with van der Waals surface area (Å²) in [6.07, 6.45) is 2.00. The number of rotatable bonds is 5. The predicted octanol–water partition coefficient (Wildman–Crippen LogP) is 3.27. The van der Waals surface area contributed by atoms with Gasteiger partial charge in [0.1, 0.15) is 5.75 Å². The molecule has 94 valence electrons. The lowest BCUT2D eigenvalue weighted by Crippen LogP contribution is -2.29. The molecule has 4 nitrogen and oxygen atoms in total. The summed E-state index contributed by atoms with van der Waals surface area (Å²) in [6.45, 7) is 2.72. The normalized spacial score (nSPS) is 9.82. The number of methoxy groups -OCH3 is 1. The maximum Gasteiger partial charge on any atom is 0.319 e. The van der Waals surface area contributed by atoms with Gasteiger partial charge in [-0.05, 0) is 18.6 Å². The fourth-order valence-corrected chi connectivity index (χ4v) is 1.44. The molecule has 0 unspecified atom stereocenters. The molecule has 0 saturated heterocycles. The number of carbonyl (C=O) groups excluding carboxylic acids is 1. The molecule has 0 aliphatic rings. The first kappa shape index (κ1) is 13.6. The molecule has 2 N–H and O–H groups in total. The summed E-state index contributed by atoms with van der Waals surface area (Å²) >= 11 is 5.96. The molecule has 0 radical (unpaired) electrons. The zero-order chi connectivity index (χ0) is 12.7. The number of unbranched alkanes of at least 4 members (excludes halogenated alkanes) is 1. The van der Waals surface area contributed by atoms with Crippen molar-refractivity contribution in [2.45, 2.75) is 19.8 Å². The Kier molecular flexibility index (Phi) is 5.63. The van der Waals surface area contributed by atoms with Gasteiger partial charge in [0.15, 0.2) is 0 Å². The van der Waals surface area contributed by atoms with E-state index in [1.54, 1.807) is 25.3 Å². The van der Waals surface area contributed by atoms with Crippen molar-refractivity contribution in [3.8, 4) is 5.75 Å². The van der Waals surface area contributed by atoms with Crippen LogP contribution in [0.25, 0.3) is 0 Å². The lowest BCUT2D eigenvalue weighted by atomic mass is 10.3. The Bertz CT molecular complexity index is 383. The summed E-state index contributed by atoms with van der Waals surface area (Å²) in [5, 5.41) is 5.91. The summed E-state index contributed by atoms with van der Waals surface area (Å²) in [5.74, 6) is 0.651. The number of carbonyl (C=O) groups is 1. The third-order valence-corrected chi connectivity index (χ3v) is 2.57. The molecule has 0 atom stereocenters. The second-order valence-electron chi connectivity index (χ2n) is 3.58. The third-order valence-electron chi connectivity index (χ3n) is 2.24. The maximum atomic E-state index is 11.5. The van der Waals surface area contributed by atoms with Gasteiger partial charge >= 0.3 is 6.03 Å². The number of urea groups is 1. The quantitative estimate of drug-likeness (QED) is 0.795. The number of benzene rings is 1. The topological polar surface area (TPSA) is 50.4 Å². The molecule has 2 amide bonds.